The second-order valence-corrected chi connectivity index (χ2v) is 5.27. The van der Waals surface area contributed by atoms with Crippen LogP contribution in [-0.4, -0.2) is 36.1 Å². The lowest BCUT2D eigenvalue weighted by Gasteiger charge is -2.32. The summed E-state index contributed by atoms with van der Waals surface area (Å²) in [5.74, 6) is 0.822. The average molecular weight is 280 g/mol. The van der Waals surface area contributed by atoms with Crippen LogP contribution in [0, 0.1) is 11.3 Å². The van der Waals surface area contributed by atoms with E-state index < -0.39 is 0 Å². The fourth-order valence-electron chi connectivity index (χ4n) is 2.69. The molecule has 0 aliphatic carbocycles. The molecule has 1 aliphatic heterocycles. The summed E-state index contributed by atoms with van der Waals surface area (Å²) in [7, 11) is 0. The molecule has 3 rings (SSSR count). The maximum Gasteiger partial charge on any atom is 0.225 e. The molecule has 2 aromatic rings. The van der Waals surface area contributed by atoms with Gasteiger partial charge < -0.3 is 9.80 Å². The molecule has 1 aromatic carbocycles. The van der Waals surface area contributed by atoms with Gasteiger partial charge in [0.1, 0.15) is 6.54 Å². The third kappa shape index (κ3) is 3.36. The molecule has 106 valence electrons. The van der Waals surface area contributed by atoms with E-state index in [2.05, 4.69) is 27.0 Å². The minimum Gasteiger partial charge on any atom is -0.330 e. The molecule has 0 atom stereocenters. The van der Waals surface area contributed by atoms with Crippen LogP contribution in [0.15, 0.2) is 42.7 Å². The van der Waals surface area contributed by atoms with E-state index in [0.717, 1.165) is 44.2 Å². The number of hydrogen-bond donors (Lipinski definition) is 1. The van der Waals surface area contributed by atoms with Crippen LogP contribution in [0.3, 0.4) is 0 Å². The molecular weight excluding hydrogens is 262 g/mol. The molecule has 0 spiro atoms. The lowest BCUT2D eigenvalue weighted by molar-refractivity contribution is -0.914. The number of hydrogen-bond acceptors (Lipinski definition) is 4. The van der Waals surface area contributed by atoms with Gasteiger partial charge in [-0.3, -0.25) is 0 Å². The number of benzene rings is 1. The predicted molar refractivity (Wildman–Crippen MR) is 79.8 cm³/mol. The molecule has 0 radical (unpaired) electrons. The third-order valence-electron chi connectivity index (χ3n) is 3.82. The Morgan fingerprint density at radius 3 is 2.62 bits per heavy atom. The summed E-state index contributed by atoms with van der Waals surface area (Å²) in [4.78, 5) is 12.4. The number of nitrogens with zero attached hydrogens (tertiary/aromatic N) is 4. The topological polar surface area (TPSA) is 57.2 Å². The van der Waals surface area contributed by atoms with E-state index >= 15 is 0 Å². The van der Waals surface area contributed by atoms with Gasteiger partial charge in [-0.05, 0) is 18.2 Å². The van der Waals surface area contributed by atoms with Gasteiger partial charge in [-0.15, -0.1) is 0 Å². The van der Waals surface area contributed by atoms with Crippen LogP contribution in [0.2, 0.25) is 0 Å². The number of aromatic nitrogens is 2. The van der Waals surface area contributed by atoms with Crippen LogP contribution < -0.4 is 9.80 Å². The van der Waals surface area contributed by atoms with E-state index in [4.69, 9.17) is 5.26 Å². The quantitative estimate of drug-likeness (QED) is 0.876. The van der Waals surface area contributed by atoms with Crippen molar-refractivity contribution >= 4 is 5.95 Å². The summed E-state index contributed by atoms with van der Waals surface area (Å²) in [6.07, 6.45) is 3.57. The van der Waals surface area contributed by atoms with E-state index in [1.165, 1.54) is 10.5 Å². The highest BCUT2D eigenvalue weighted by Gasteiger charge is 2.21. The summed E-state index contributed by atoms with van der Waals surface area (Å²) < 4.78 is 0. The summed E-state index contributed by atoms with van der Waals surface area (Å²) >= 11 is 0. The lowest BCUT2D eigenvalue weighted by Crippen LogP contribution is -3.13. The minimum absolute atomic E-state index is 0.739. The van der Waals surface area contributed by atoms with Gasteiger partial charge >= 0.3 is 0 Å². The van der Waals surface area contributed by atoms with Gasteiger partial charge in [-0.25, -0.2) is 9.97 Å². The second kappa shape index (κ2) is 6.33. The molecular formula is C16H18N5+. The van der Waals surface area contributed by atoms with Crippen LogP contribution >= 0.6 is 0 Å². The van der Waals surface area contributed by atoms with Gasteiger partial charge in [0.2, 0.25) is 5.95 Å². The van der Waals surface area contributed by atoms with Crippen LogP contribution in [0.1, 0.15) is 11.1 Å². The first-order chi connectivity index (χ1) is 10.3. The molecule has 0 saturated carbocycles. The van der Waals surface area contributed by atoms with Crippen molar-refractivity contribution in [2.45, 2.75) is 6.54 Å². The first-order valence-electron chi connectivity index (χ1n) is 7.20. The Hall–Kier alpha value is -2.45. The van der Waals surface area contributed by atoms with Gasteiger partial charge in [0.25, 0.3) is 0 Å². The zero-order chi connectivity index (χ0) is 14.5. The Kier molecular flexibility index (Phi) is 4.08. The first-order valence-corrected chi connectivity index (χ1v) is 7.20. The Morgan fingerprint density at radius 2 is 1.90 bits per heavy atom. The van der Waals surface area contributed by atoms with Crippen molar-refractivity contribution in [1.29, 1.82) is 5.26 Å². The molecule has 1 fully saturated rings. The summed E-state index contributed by atoms with van der Waals surface area (Å²) in [6.45, 7) is 5.04. The van der Waals surface area contributed by atoms with Crippen molar-refractivity contribution in [3.63, 3.8) is 0 Å². The zero-order valence-electron chi connectivity index (χ0n) is 11.9. The highest BCUT2D eigenvalue weighted by molar-refractivity contribution is 5.32. The van der Waals surface area contributed by atoms with Gasteiger partial charge in [0.05, 0.1) is 37.8 Å². The van der Waals surface area contributed by atoms with Gasteiger partial charge in [-0.1, -0.05) is 12.1 Å². The standard InChI is InChI=1S/C16H17N5/c17-12-14-3-1-4-15(11-14)13-20-7-9-21(10-8-20)16-18-5-2-6-19-16/h1-6,11H,7-10,13H2/p+1. The molecule has 5 heteroatoms. The van der Waals surface area contributed by atoms with Crippen LogP contribution in [0.5, 0.6) is 0 Å². The Labute approximate surface area is 124 Å². The van der Waals surface area contributed by atoms with E-state index in [9.17, 15) is 0 Å². The van der Waals surface area contributed by atoms with Crippen molar-refractivity contribution < 1.29 is 4.90 Å². The monoisotopic (exact) mass is 280 g/mol. The smallest absolute Gasteiger partial charge is 0.225 e. The fraction of sp³-hybridized carbons (Fsp3) is 0.312. The van der Waals surface area contributed by atoms with E-state index in [1.807, 2.05) is 24.3 Å². The molecule has 1 N–H and O–H groups in total. The largest absolute Gasteiger partial charge is 0.330 e. The highest BCUT2D eigenvalue weighted by atomic mass is 15.3. The number of quaternary nitrogens is 1. The normalized spacial score (nSPS) is 15.7. The Morgan fingerprint density at radius 1 is 1.14 bits per heavy atom. The number of anilines is 1. The SMILES string of the molecule is N#Cc1cccc(C[NH+]2CCN(c3ncccn3)CC2)c1. The van der Waals surface area contributed by atoms with Gasteiger partial charge in [-0.2, -0.15) is 5.26 Å². The first kappa shape index (κ1) is 13.5. The number of rotatable bonds is 3. The maximum absolute atomic E-state index is 8.95. The van der Waals surface area contributed by atoms with Crippen LogP contribution in [-0.2, 0) is 6.54 Å². The second-order valence-electron chi connectivity index (χ2n) is 5.27. The zero-order valence-corrected chi connectivity index (χ0v) is 11.9. The van der Waals surface area contributed by atoms with Crippen molar-refractivity contribution in [3.05, 3.63) is 53.9 Å². The van der Waals surface area contributed by atoms with Crippen LogP contribution in [0.25, 0.3) is 0 Å². The maximum atomic E-state index is 8.95. The molecule has 0 bridgehead atoms. The summed E-state index contributed by atoms with van der Waals surface area (Å²) in [5.41, 5.74) is 1.97. The number of piperazine rings is 1. The summed E-state index contributed by atoms with van der Waals surface area (Å²) in [6, 6.07) is 11.9. The minimum atomic E-state index is 0.739. The summed E-state index contributed by atoms with van der Waals surface area (Å²) in [5, 5.41) is 8.95. The highest BCUT2D eigenvalue weighted by Crippen LogP contribution is 2.05. The number of nitriles is 1. The molecule has 5 nitrogen and oxygen atoms in total. The molecule has 2 heterocycles. The van der Waals surface area contributed by atoms with Gasteiger partial charge in [0.15, 0.2) is 0 Å². The molecule has 21 heavy (non-hydrogen) atoms. The third-order valence-corrected chi connectivity index (χ3v) is 3.82. The molecule has 1 aliphatic rings. The predicted octanol–water partition coefficient (Wildman–Crippen LogP) is 0.253. The Bertz CT molecular complexity index is 627. The molecule has 1 saturated heterocycles. The molecule has 0 unspecified atom stereocenters. The molecule has 1 aromatic heterocycles. The van der Waals surface area contributed by atoms with E-state index in [1.54, 1.807) is 12.4 Å². The van der Waals surface area contributed by atoms with Crippen molar-refractivity contribution in [2.75, 3.05) is 31.1 Å². The lowest BCUT2D eigenvalue weighted by atomic mass is 10.1. The fourth-order valence-corrected chi connectivity index (χ4v) is 2.69. The molecule has 0 amide bonds. The van der Waals surface area contributed by atoms with Crippen molar-refractivity contribution in [3.8, 4) is 6.07 Å². The van der Waals surface area contributed by atoms with Crippen LogP contribution in [0.4, 0.5) is 5.95 Å². The van der Waals surface area contributed by atoms with Gasteiger partial charge in [0, 0.05) is 18.0 Å². The van der Waals surface area contributed by atoms with Crippen molar-refractivity contribution in [2.24, 2.45) is 0 Å². The van der Waals surface area contributed by atoms with E-state index in [0.29, 0.717) is 0 Å². The van der Waals surface area contributed by atoms with E-state index in [-0.39, 0.29) is 0 Å². The number of nitrogens with one attached hydrogen (secondary N) is 1. The Balaban J connectivity index is 1.57. The van der Waals surface area contributed by atoms with Crippen molar-refractivity contribution in [1.82, 2.24) is 9.97 Å². The average Bonchev–Trinajstić information content (AvgIpc) is 2.56.